The number of aromatic nitrogens is 2. The Morgan fingerprint density at radius 3 is 2.64 bits per heavy atom. The maximum absolute atomic E-state index is 11.6. The Labute approximate surface area is 127 Å². The summed E-state index contributed by atoms with van der Waals surface area (Å²) in [4.78, 5) is 22.8. The number of nitrogens with one attached hydrogen (secondary N) is 1. The molecule has 1 aromatic heterocycles. The predicted molar refractivity (Wildman–Crippen MR) is 80.9 cm³/mol. The molecule has 2 aromatic rings. The normalized spacial score (nSPS) is 11.4. The second kappa shape index (κ2) is 6.05. The number of hydrogen-bond acceptors (Lipinski definition) is 4. The highest BCUT2D eigenvalue weighted by Crippen LogP contribution is 2.18. The lowest BCUT2D eigenvalue weighted by atomic mass is 10.2. The number of fused-ring (bicyclic) bond motifs is 1. The number of hydrogen-bond donors (Lipinski definition) is 2. The first kappa shape index (κ1) is 15.8. The summed E-state index contributed by atoms with van der Waals surface area (Å²) in [5.41, 5.74) is 0.164. The number of para-hydroxylation sites is 1. The van der Waals surface area contributed by atoms with Crippen molar-refractivity contribution in [2.75, 3.05) is 6.54 Å². The van der Waals surface area contributed by atoms with Gasteiger partial charge in [0.25, 0.3) is 0 Å². The number of nitrogens with zero attached hydrogens (tertiary/aromatic N) is 2. The van der Waals surface area contributed by atoms with Crippen molar-refractivity contribution in [3.05, 3.63) is 30.0 Å². The first-order valence-electron chi connectivity index (χ1n) is 6.93. The van der Waals surface area contributed by atoms with Gasteiger partial charge in [0.15, 0.2) is 5.69 Å². The summed E-state index contributed by atoms with van der Waals surface area (Å²) >= 11 is 0. The van der Waals surface area contributed by atoms with E-state index in [1.54, 1.807) is 43.7 Å². The molecule has 0 bridgehead atoms. The summed E-state index contributed by atoms with van der Waals surface area (Å²) in [6, 6.07) is 7.08. The quantitative estimate of drug-likeness (QED) is 0.903. The van der Waals surface area contributed by atoms with Crippen LogP contribution in [0.5, 0.6) is 0 Å². The minimum absolute atomic E-state index is 0.00729. The lowest BCUT2D eigenvalue weighted by Gasteiger charge is -2.19. The van der Waals surface area contributed by atoms with Crippen molar-refractivity contribution in [3.63, 3.8) is 0 Å². The van der Waals surface area contributed by atoms with Gasteiger partial charge in [-0.2, -0.15) is 5.10 Å². The minimum Gasteiger partial charge on any atom is -0.476 e. The smallest absolute Gasteiger partial charge is 0.407 e. The Bertz CT molecular complexity index is 700. The van der Waals surface area contributed by atoms with Gasteiger partial charge < -0.3 is 15.2 Å². The molecule has 0 aliphatic heterocycles. The van der Waals surface area contributed by atoms with Crippen LogP contribution in [0.15, 0.2) is 24.3 Å². The van der Waals surface area contributed by atoms with Crippen LogP contribution in [0.2, 0.25) is 0 Å². The van der Waals surface area contributed by atoms with Gasteiger partial charge in [0.1, 0.15) is 5.60 Å². The maximum Gasteiger partial charge on any atom is 0.407 e. The molecule has 1 aromatic carbocycles. The number of ether oxygens (including phenoxy) is 1. The van der Waals surface area contributed by atoms with E-state index in [1.807, 2.05) is 6.07 Å². The van der Waals surface area contributed by atoms with E-state index in [0.717, 1.165) is 0 Å². The zero-order valence-electron chi connectivity index (χ0n) is 12.8. The molecular weight excluding hydrogens is 286 g/mol. The summed E-state index contributed by atoms with van der Waals surface area (Å²) < 4.78 is 6.70. The fourth-order valence-electron chi connectivity index (χ4n) is 2.03. The number of carboxylic acids is 1. The van der Waals surface area contributed by atoms with E-state index in [0.29, 0.717) is 24.0 Å². The summed E-state index contributed by atoms with van der Waals surface area (Å²) in [7, 11) is 0. The fourth-order valence-corrected chi connectivity index (χ4v) is 2.03. The van der Waals surface area contributed by atoms with Gasteiger partial charge in [-0.25, -0.2) is 9.59 Å². The van der Waals surface area contributed by atoms with Gasteiger partial charge in [-0.1, -0.05) is 18.2 Å². The van der Waals surface area contributed by atoms with E-state index in [1.165, 1.54) is 0 Å². The molecule has 0 aliphatic carbocycles. The van der Waals surface area contributed by atoms with Crippen LogP contribution in [0, 0.1) is 0 Å². The van der Waals surface area contributed by atoms with E-state index in [-0.39, 0.29) is 5.69 Å². The molecular formula is C15H19N3O4. The number of alkyl carbamates (subject to hydrolysis) is 1. The Balaban J connectivity index is 2.06. The van der Waals surface area contributed by atoms with Crippen LogP contribution in [0.4, 0.5) is 4.79 Å². The molecule has 0 fully saturated rings. The molecule has 0 saturated heterocycles. The highest BCUT2D eigenvalue weighted by molar-refractivity contribution is 6.01. The molecule has 0 saturated carbocycles. The van der Waals surface area contributed by atoms with Crippen molar-refractivity contribution in [2.45, 2.75) is 32.9 Å². The third kappa shape index (κ3) is 3.75. The Morgan fingerprint density at radius 2 is 2.00 bits per heavy atom. The van der Waals surface area contributed by atoms with E-state index in [2.05, 4.69) is 10.4 Å². The molecule has 0 atom stereocenters. The van der Waals surface area contributed by atoms with Gasteiger partial charge in [-0.15, -0.1) is 0 Å². The molecule has 0 radical (unpaired) electrons. The fraction of sp³-hybridized carbons (Fsp3) is 0.400. The SMILES string of the molecule is CC(C)(C)OC(=O)NCCn1nc(C(=O)O)c2ccccc21. The molecule has 22 heavy (non-hydrogen) atoms. The van der Waals surface area contributed by atoms with Crippen molar-refractivity contribution in [3.8, 4) is 0 Å². The first-order chi connectivity index (χ1) is 10.3. The predicted octanol–water partition coefficient (Wildman–Crippen LogP) is 2.26. The number of carboxylic acid groups (broad SMARTS) is 1. The zero-order valence-corrected chi connectivity index (χ0v) is 12.8. The first-order valence-corrected chi connectivity index (χ1v) is 6.93. The Morgan fingerprint density at radius 1 is 1.32 bits per heavy atom. The molecule has 0 spiro atoms. The minimum atomic E-state index is -1.07. The standard InChI is InChI=1S/C15H19N3O4/c1-15(2,3)22-14(21)16-8-9-18-11-7-5-4-6-10(11)12(17-18)13(19)20/h4-7H,8-9H2,1-3H3,(H,16,21)(H,19,20). The van der Waals surface area contributed by atoms with Crippen LogP contribution < -0.4 is 5.32 Å². The second-order valence-corrected chi connectivity index (χ2v) is 5.82. The highest BCUT2D eigenvalue weighted by atomic mass is 16.6. The Kier molecular flexibility index (Phi) is 4.35. The van der Waals surface area contributed by atoms with Gasteiger partial charge in [-0.3, -0.25) is 4.68 Å². The number of amides is 1. The molecule has 118 valence electrons. The molecule has 7 nitrogen and oxygen atoms in total. The largest absolute Gasteiger partial charge is 0.476 e. The van der Waals surface area contributed by atoms with Crippen LogP contribution in [0.3, 0.4) is 0 Å². The maximum atomic E-state index is 11.6. The van der Waals surface area contributed by atoms with Gasteiger partial charge in [0, 0.05) is 11.9 Å². The van der Waals surface area contributed by atoms with Crippen LogP contribution in [-0.2, 0) is 11.3 Å². The monoisotopic (exact) mass is 305 g/mol. The van der Waals surface area contributed by atoms with Crippen molar-refractivity contribution in [1.29, 1.82) is 0 Å². The van der Waals surface area contributed by atoms with E-state index >= 15 is 0 Å². The summed E-state index contributed by atoms with van der Waals surface area (Å²) in [6.45, 7) is 6.00. The van der Waals surface area contributed by atoms with Crippen LogP contribution in [-0.4, -0.2) is 39.1 Å². The number of carbonyl (C=O) groups is 2. The van der Waals surface area contributed by atoms with E-state index in [9.17, 15) is 14.7 Å². The molecule has 7 heteroatoms. The second-order valence-electron chi connectivity index (χ2n) is 5.82. The van der Waals surface area contributed by atoms with Crippen molar-refractivity contribution in [2.24, 2.45) is 0 Å². The van der Waals surface area contributed by atoms with Crippen LogP contribution >= 0.6 is 0 Å². The van der Waals surface area contributed by atoms with E-state index in [4.69, 9.17) is 4.74 Å². The number of benzene rings is 1. The molecule has 0 unspecified atom stereocenters. The van der Waals surface area contributed by atoms with Crippen LogP contribution in [0.25, 0.3) is 10.9 Å². The van der Waals surface area contributed by atoms with Gasteiger partial charge in [-0.05, 0) is 26.8 Å². The molecule has 0 aliphatic rings. The van der Waals surface area contributed by atoms with Crippen molar-refractivity contribution in [1.82, 2.24) is 15.1 Å². The average Bonchev–Trinajstić information content (AvgIpc) is 2.76. The highest BCUT2D eigenvalue weighted by Gasteiger charge is 2.17. The molecule has 1 amide bonds. The Hall–Kier alpha value is -2.57. The molecule has 2 N–H and O–H groups in total. The average molecular weight is 305 g/mol. The molecule has 2 rings (SSSR count). The third-order valence-electron chi connectivity index (χ3n) is 2.85. The summed E-state index contributed by atoms with van der Waals surface area (Å²) in [5, 5.41) is 16.5. The van der Waals surface area contributed by atoms with Crippen LogP contribution in [0.1, 0.15) is 31.3 Å². The van der Waals surface area contributed by atoms with Gasteiger partial charge in [0.05, 0.1) is 12.1 Å². The third-order valence-corrected chi connectivity index (χ3v) is 2.85. The topological polar surface area (TPSA) is 93.5 Å². The molecule has 1 heterocycles. The van der Waals surface area contributed by atoms with Gasteiger partial charge >= 0.3 is 12.1 Å². The number of carbonyl (C=O) groups excluding carboxylic acids is 1. The summed E-state index contributed by atoms with van der Waals surface area (Å²) in [6.07, 6.45) is -0.512. The van der Waals surface area contributed by atoms with E-state index < -0.39 is 17.7 Å². The van der Waals surface area contributed by atoms with Crippen molar-refractivity contribution < 1.29 is 19.4 Å². The number of rotatable bonds is 4. The summed E-state index contributed by atoms with van der Waals surface area (Å²) in [5.74, 6) is -1.07. The van der Waals surface area contributed by atoms with Gasteiger partial charge in [0.2, 0.25) is 0 Å². The zero-order chi connectivity index (χ0) is 16.3. The number of aromatic carboxylic acids is 1. The van der Waals surface area contributed by atoms with Crippen molar-refractivity contribution >= 4 is 23.0 Å². The lowest BCUT2D eigenvalue weighted by molar-refractivity contribution is 0.0524. The lowest BCUT2D eigenvalue weighted by Crippen LogP contribution is -2.34.